The molecule has 1 aromatic heterocycles. The van der Waals surface area contributed by atoms with Crippen molar-refractivity contribution in [3.63, 3.8) is 0 Å². The molecule has 2 N–H and O–H groups in total. The Morgan fingerprint density at radius 2 is 1.67 bits per heavy atom. The minimum Gasteiger partial charge on any atom is -0.299 e. The van der Waals surface area contributed by atoms with Crippen LogP contribution in [0.5, 0.6) is 0 Å². The number of amides is 1. The lowest BCUT2D eigenvalue weighted by Crippen LogP contribution is -2.47. The molecule has 0 spiro atoms. The third-order valence-corrected chi connectivity index (χ3v) is 6.89. The van der Waals surface area contributed by atoms with E-state index in [0.29, 0.717) is 22.1 Å². The monoisotopic (exact) mass is 444 g/mol. The summed E-state index contributed by atoms with van der Waals surface area (Å²) in [6.45, 7) is 3.75. The molecule has 0 aliphatic heterocycles. The van der Waals surface area contributed by atoms with Gasteiger partial charge in [0.15, 0.2) is 0 Å². The van der Waals surface area contributed by atoms with Gasteiger partial charge in [-0.15, -0.1) is 10.2 Å². The lowest BCUT2D eigenvalue weighted by molar-refractivity contribution is -0.118. The molecule has 0 saturated carbocycles. The molecule has 0 unspecified atom stereocenters. The van der Waals surface area contributed by atoms with E-state index in [-0.39, 0.29) is 11.7 Å². The van der Waals surface area contributed by atoms with Crippen molar-refractivity contribution < 1.29 is 13.2 Å². The van der Waals surface area contributed by atoms with E-state index in [9.17, 15) is 13.2 Å². The summed E-state index contributed by atoms with van der Waals surface area (Å²) in [7, 11) is -3.71. The van der Waals surface area contributed by atoms with Crippen LogP contribution in [-0.2, 0) is 20.6 Å². The Bertz CT molecular complexity index is 1070. The predicted molar refractivity (Wildman–Crippen MR) is 119 cm³/mol. The van der Waals surface area contributed by atoms with E-state index in [1.807, 2.05) is 50.2 Å². The summed E-state index contributed by atoms with van der Waals surface area (Å²) in [5, 5.41) is 11.9. The molecule has 7 nitrogen and oxygen atoms in total. The summed E-state index contributed by atoms with van der Waals surface area (Å²) < 4.78 is 27.9. The molecule has 0 bridgehead atoms. The third kappa shape index (κ3) is 5.94. The maximum absolute atomic E-state index is 12.9. The van der Waals surface area contributed by atoms with Crippen molar-refractivity contribution in [2.24, 2.45) is 5.92 Å². The van der Waals surface area contributed by atoms with Gasteiger partial charge in [-0.05, 0) is 11.5 Å². The van der Waals surface area contributed by atoms with Gasteiger partial charge in [0.25, 0.3) is 0 Å². The second-order valence-electron chi connectivity index (χ2n) is 6.99. The minimum atomic E-state index is -3.71. The average Bonchev–Trinajstić information content (AvgIpc) is 3.21. The number of aromatic nitrogens is 2. The molecule has 158 valence electrons. The van der Waals surface area contributed by atoms with E-state index >= 15 is 0 Å². The van der Waals surface area contributed by atoms with Gasteiger partial charge in [-0.3, -0.25) is 10.1 Å². The first-order chi connectivity index (χ1) is 14.4. The van der Waals surface area contributed by atoms with Crippen molar-refractivity contribution in [1.29, 1.82) is 0 Å². The van der Waals surface area contributed by atoms with Crippen LogP contribution in [0.1, 0.15) is 25.8 Å². The Balaban J connectivity index is 1.72. The number of hydrogen-bond donors (Lipinski definition) is 2. The second-order valence-corrected chi connectivity index (χ2v) is 9.72. The maximum atomic E-state index is 12.9. The van der Waals surface area contributed by atoms with E-state index in [1.165, 1.54) is 11.3 Å². The van der Waals surface area contributed by atoms with Gasteiger partial charge in [0.1, 0.15) is 11.0 Å². The number of carbonyl (C=O) groups excluding carboxylic acids is 1. The molecule has 3 aromatic rings. The predicted octanol–water partition coefficient (Wildman–Crippen LogP) is 3.68. The summed E-state index contributed by atoms with van der Waals surface area (Å²) in [5.74, 6) is -0.834. The molecular weight excluding hydrogens is 420 g/mol. The molecule has 9 heteroatoms. The molecule has 1 heterocycles. The Kier molecular flexibility index (Phi) is 7.30. The van der Waals surface area contributed by atoms with Gasteiger partial charge >= 0.3 is 0 Å². The van der Waals surface area contributed by atoms with Crippen molar-refractivity contribution >= 4 is 32.4 Å². The van der Waals surface area contributed by atoms with Gasteiger partial charge in [0, 0.05) is 5.56 Å². The third-order valence-electron chi connectivity index (χ3n) is 4.68. The summed E-state index contributed by atoms with van der Waals surface area (Å²) in [6, 6.07) is 17.5. The van der Waals surface area contributed by atoms with Crippen LogP contribution in [0, 0.1) is 5.92 Å². The van der Waals surface area contributed by atoms with Crippen LogP contribution in [0.15, 0.2) is 60.7 Å². The summed E-state index contributed by atoms with van der Waals surface area (Å²) in [6.07, 6.45) is 0.636. The molecule has 0 radical (unpaired) electrons. The molecule has 2 aromatic carbocycles. The zero-order valence-electron chi connectivity index (χ0n) is 16.8. The number of nitrogens with zero attached hydrogens (tertiary/aromatic N) is 2. The number of anilines is 1. The van der Waals surface area contributed by atoms with Gasteiger partial charge in [0.2, 0.25) is 21.1 Å². The quantitative estimate of drug-likeness (QED) is 0.524. The fraction of sp³-hybridized carbons (Fsp3) is 0.286. The first kappa shape index (κ1) is 22.1. The van der Waals surface area contributed by atoms with E-state index in [1.54, 1.807) is 24.3 Å². The second kappa shape index (κ2) is 9.92. The number of sulfonamides is 1. The van der Waals surface area contributed by atoms with Gasteiger partial charge in [-0.1, -0.05) is 92.3 Å². The lowest BCUT2D eigenvalue weighted by atomic mass is 9.99. The van der Waals surface area contributed by atoms with Crippen molar-refractivity contribution in [3.05, 3.63) is 66.2 Å². The fourth-order valence-electron chi connectivity index (χ4n) is 2.85. The number of nitrogens with one attached hydrogen (secondary N) is 2. The number of carbonyl (C=O) groups is 1. The minimum absolute atomic E-state index is 0.189. The highest BCUT2D eigenvalue weighted by atomic mass is 32.2. The smallest absolute Gasteiger partial charge is 0.244 e. The van der Waals surface area contributed by atoms with Gasteiger partial charge in [-0.2, -0.15) is 0 Å². The highest BCUT2D eigenvalue weighted by molar-refractivity contribution is 7.88. The van der Waals surface area contributed by atoms with Crippen LogP contribution in [0.3, 0.4) is 0 Å². The molecule has 30 heavy (non-hydrogen) atoms. The van der Waals surface area contributed by atoms with Gasteiger partial charge in [0.05, 0.1) is 5.75 Å². The van der Waals surface area contributed by atoms with Gasteiger partial charge < -0.3 is 0 Å². The molecule has 3 rings (SSSR count). The summed E-state index contributed by atoms with van der Waals surface area (Å²) in [4.78, 5) is 12.9. The van der Waals surface area contributed by atoms with Crippen LogP contribution in [0.4, 0.5) is 5.13 Å². The Hall–Kier alpha value is -2.62. The molecule has 0 fully saturated rings. The SMILES string of the molecule is CC[C@H](C)[C@H](NS(=O)(=O)Cc1ccccc1)C(=O)Nc1nnc(-c2ccccc2)s1. The Morgan fingerprint density at radius 3 is 2.30 bits per heavy atom. The van der Waals surface area contributed by atoms with Crippen LogP contribution in [0.2, 0.25) is 0 Å². The van der Waals surface area contributed by atoms with E-state index in [2.05, 4.69) is 20.2 Å². The van der Waals surface area contributed by atoms with Crippen LogP contribution in [-0.4, -0.2) is 30.6 Å². The Labute approximate surface area is 180 Å². The number of hydrogen-bond acceptors (Lipinski definition) is 6. The molecular formula is C21H24N4O3S2. The fourth-order valence-corrected chi connectivity index (χ4v) is 5.04. The topological polar surface area (TPSA) is 101 Å². The first-order valence-corrected chi connectivity index (χ1v) is 12.1. The van der Waals surface area contributed by atoms with E-state index < -0.39 is 22.0 Å². The normalized spacial score (nSPS) is 13.5. The van der Waals surface area contributed by atoms with Crippen molar-refractivity contribution in [3.8, 4) is 10.6 Å². The molecule has 0 aliphatic rings. The standard InChI is InChI=1S/C21H24N4O3S2/c1-3-15(2)18(25-30(27,28)14-16-10-6-4-7-11-16)19(26)22-21-24-23-20(29-21)17-12-8-5-9-13-17/h4-13,15,18,25H,3,14H2,1-2H3,(H,22,24,26)/t15-,18-/m0/s1. The summed E-state index contributed by atoms with van der Waals surface area (Å²) >= 11 is 1.24. The van der Waals surface area contributed by atoms with E-state index in [0.717, 1.165) is 5.56 Å². The lowest BCUT2D eigenvalue weighted by Gasteiger charge is -2.22. The van der Waals surface area contributed by atoms with E-state index in [4.69, 9.17) is 0 Å². The largest absolute Gasteiger partial charge is 0.299 e. The molecule has 1 amide bonds. The zero-order valence-corrected chi connectivity index (χ0v) is 18.4. The highest BCUT2D eigenvalue weighted by Crippen LogP contribution is 2.26. The van der Waals surface area contributed by atoms with Crippen molar-refractivity contribution in [2.45, 2.75) is 32.1 Å². The maximum Gasteiger partial charge on any atom is 0.244 e. The highest BCUT2D eigenvalue weighted by Gasteiger charge is 2.29. The van der Waals surface area contributed by atoms with Crippen LogP contribution in [0.25, 0.3) is 10.6 Å². The van der Waals surface area contributed by atoms with Gasteiger partial charge in [-0.25, -0.2) is 13.1 Å². The van der Waals surface area contributed by atoms with Crippen LogP contribution >= 0.6 is 11.3 Å². The molecule has 2 atom stereocenters. The first-order valence-electron chi connectivity index (χ1n) is 9.61. The number of benzene rings is 2. The van der Waals surface area contributed by atoms with Crippen LogP contribution < -0.4 is 10.0 Å². The zero-order chi connectivity index (χ0) is 21.6. The van der Waals surface area contributed by atoms with Crippen molar-refractivity contribution in [1.82, 2.24) is 14.9 Å². The molecule has 0 aliphatic carbocycles. The number of rotatable bonds is 9. The Morgan fingerprint density at radius 1 is 1.03 bits per heavy atom. The summed E-state index contributed by atoms with van der Waals surface area (Å²) in [5.41, 5.74) is 1.56. The average molecular weight is 445 g/mol. The van der Waals surface area contributed by atoms with Crippen molar-refractivity contribution in [2.75, 3.05) is 5.32 Å². The molecule has 0 saturated heterocycles.